The minimum atomic E-state index is -0.357. The van der Waals surface area contributed by atoms with Crippen LogP contribution in [0.4, 0.5) is 5.82 Å². The summed E-state index contributed by atoms with van der Waals surface area (Å²) in [7, 11) is 0. The van der Waals surface area contributed by atoms with Gasteiger partial charge >= 0.3 is 5.69 Å². The first-order valence-corrected chi connectivity index (χ1v) is 4.12. The molecular weight excluding hydrogens is 168 g/mol. The van der Waals surface area contributed by atoms with Gasteiger partial charge in [0, 0.05) is 12.2 Å². The Bertz CT molecular complexity index is 344. The standard InChI is InChI=1S/C8H14N4O/c1-5(9)6(2)12-4-3-7(10)11-8(12)13/h3-6H,9H2,1-2H3,(H2,10,11,13)/t5-,6?/m1/s1. The van der Waals surface area contributed by atoms with Gasteiger partial charge in [0.05, 0.1) is 6.04 Å². The molecule has 13 heavy (non-hydrogen) atoms. The Morgan fingerprint density at radius 2 is 2.15 bits per heavy atom. The summed E-state index contributed by atoms with van der Waals surface area (Å²) >= 11 is 0. The van der Waals surface area contributed by atoms with Crippen molar-refractivity contribution >= 4 is 5.82 Å². The fraction of sp³-hybridized carbons (Fsp3) is 0.500. The van der Waals surface area contributed by atoms with Crippen LogP contribution >= 0.6 is 0 Å². The van der Waals surface area contributed by atoms with E-state index < -0.39 is 0 Å². The molecule has 1 unspecified atom stereocenters. The van der Waals surface area contributed by atoms with Crippen molar-refractivity contribution in [2.24, 2.45) is 5.73 Å². The van der Waals surface area contributed by atoms with Crippen LogP contribution in [0, 0.1) is 0 Å². The van der Waals surface area contributed by atoms with Gasteiger partial charge in [-0.1, -0.05) is 0 Å². The van der Waals surface area contributed by atoms with Crippen molar-refractivity contribution in [2.45, 2.75) is 25.9 Å². The normalized spacial score (nSPS) is 15.3. The van der Waals surface area contributed by atoms with Crippen LogP contribution in [0.15, 0.2) is 17.1 Å². The third kappa shape index (κ3) is 2.06. The van der Waals surface area contributed by atoms with E-state index in [0.29, 0.717) is 0 Å². The van der Waals surface area contributed by atoms with Crippen LogP contribution in [0.3, 0.4) is 0 Å². The molecular formula is C8H14N4O. The van der Waals surface area contributed by atoms with E-state index in [1.165, 1.54) is 4.57 Å². The average molecular weight is 182 g/mol. The van der Waals surface area contributed by atoms with Gasteiger partial charge in [0.2, 0.25) is 0 Å². The molecule has 0 aliphatic heterocycles. The smallest absolute Gasteiger partial charge is 0.349 e. The minimum absolute atomic E-state index is 0.0689. The van der Waals surface area contributed by atoms with Crippen LogP contribution in [0.1, 0.15) is 19.9 Å². The Balaban J connectivity index is 3.09. The molecule has 0 saturated carbocycles. The van der Waals surface area contributed by atoms with E-state index in [1.54, 1.807) is 12.3 Å². The highest BCUT2D eigenvalue weighted by atomic mass is 16.1. The maximum atomic E-state index is 11.3. The molecule has 0 saturated heterocycles. The molecule has 1 heterocycles. The third-order valence-electron chi connectivity index (χ3n) is 2.05. The van der Waals surface area contributed by atoms with Crippen molar-refractivity contribution < 1.29 is 0 Å². The molecule has 2 atom stereocenters. The lowest BCUT2D eigenvalue weighted by atomic mass is 10.2. The number of nitrogens with zero attached hydrogens (tertiary/aromatic N) is 2. The van der Waals surface area contributed by atoms with Crippen LogP contribution in [-0.2, 0) is 0 Å². The predicted octanol–water partition coefficient (Wildman–Crippen LogP) is -0.266. The maximum absolute atomic E-state index is 11.3. The quantitative estimate of drug-likeness (QED) is 0.659. The fourth-order valence-electron chi connectivity index (χ4n) is 0.989. The monoisotopic (exact) mass is 182 g/mol. The van der Waals surface area contributed by atoms with Gasteiger partial charge in [-0.25, -0.2) is 4.79 Å². The highest BCUT2D eigenvalue weighted by Gasteiger charge is 2.10. The molecule has 5 heteroatoms. The molecule has 4 N–H and O–H groups in total. The summed E-state index contributed by atoms with van der Waals surface area (Å²) in [6, 6.07) is 1.42. The van der Waals surface area contributed by atoms with Gasteiger partial charge in [-0.3, -0.25) is 4.57 Å². The molecule has 5 nitrogen and oxygen atoms in total. The predicted molar refractivity (Wildman–Crippen MR) is 51.3 cm³/mol. The van der Waals surface area contributed by atoms with Gasteiger partial charge in [-0.2, -0.15) is 4.98 Å². The Labute approximate surface area is 76.4 Å². The van der Waals surface area contributed by atoms with E-state index in [-0.39, 0.29) is 23.6 Å². The fourth-order valence-corrected chi connectivity index (χ4v) is 0.989. The average Bonchev–Trinajstić information content (AvgIpc) is 2.03. The number of anilines is 1. The van der Waals surface area contributed by atoms with E-state index >= 15 is 0 Å². The van der Waals surface area contributed by atoms with Crippen molar-refractivity contribution in [1.82, 2.24) is 9.55 Å². The molecule has 1 aromatic rings. The van der Waals surface area contributed by atoms with Crippen LogP contribution < -0.4 is 17.2 Å². The Morgan fingerprint density at radius 3 is 2.62 bits per heavy atom. The van der Waals surface area contributed by atoms with Crippen molar-refractivity contribution in [3.63, 3.8) is 0 Å². The largest absolute Gasteiger partial charge is 0.383 e. The summed E-state index contributed by atoms with van der Waals surface area (Å²) in [4.78, 5) is 14.9. The lowest BCUT2D eigenvalue weighted by molar-refractivity contribution is 0.446. The Kier molecular flexibility index (Phi) is 2.67. The first kappa shape index (κ1) is 9.73. The highest BCUT2D eigenvalue weighted by Crippen LogP contribution is 2.05. The summed E-state index contributed by atoms with van der Waals surface area (Å²) in [5.41, 5.74) is 10.6. The number of hydrogen-bond acceptors (Lipinski definition) is 4. The van der Waals surface area contributed by atoms with E-state index in [0.717, 1.165) is 0 Å². The maximum Gasteiger partial charge on any atom is 0.349 e. The molecule has 0 fully saturated rings. The molecule has 0 spiro atoms. The summed E-state index contributed by atoms with van der Waals surface area (Å²) in [6.07, 6.45) is 1.61. The summed E-state index contributed by atoms with van der Waals surface area (Å²) < 4.78 is 1.47. The molecule has 0 aromatic carbocycles. The van der Waals surface area contributed by atoms with E-state index in [2.05, 4.69) is 4.98 Å². The van der Waals surface area contributed by atoms with Gasteiger partial charge in [-0.05, 0) is 19.9 Å². The van der Waals surface area contributed by atoms with Crippen LogP contribution in [-0.4, -0.2) is 15.6 Å². The minimum Gasteiger partial charge on any atom is -0.383 e. The topological polar surface area (TPSA) is 86.9 Å². The SMILES string of the molecule is CC([C@@H](C)N)n1ccc(N)nc1=O. The summed E-state index contributed by atoms with van der Waals surface area (Å²) in [5, 5.41) is 0. The van der Waals surface area contributed by atoms with Gasteiger partial charge in [0.25, 0.3) is 0 Å². The number of aromatic nitrogens is 2. The zero-order valence-corrected chi connectivity index (χ0v) is 7.77. The first-order valence-electron chi connectivity index (χ1n) is 4.12. The molecule has 1 rings (SSSR count). The van der Waals surface area contributed by atoms with Crippen LogP contribution in [0.2, 0.25) is 0 Å². The van der Waals surface area contributed by atoms with Gasteiger partial charge in [-0.15, -0.1) is 0 Å². The number of rotatable bonds is 2. The van der Waals surface area contributed by atoms with Crippen LogP contribution in [0.25, 0.3) is 0 Å². The van der Waals surface area contributed by atoms with E-state index in [4.69, 9.17) is 11.5 Å². The van der Waals surface area contributed by atoms with Crippen LogP contribution in [0.5, 0.6) is 0 Å². The number of nitrogen functional groups attached to an aromatic ring is 1. The van der Waals surface area contributed by atoms with Crippen molar-refractivity contribution in [3.8, 4) is 0 Å². The number of hydrogen-bond donors (Lipinski definition) is 2. The number of nitrogens with two attached hydrogens (primary N) is 2. The van der Waals surface area contributed by atoms with Gasteiger partial charge in [0.1, 0.15) is 5.82 Å². The zero-order chi connectivity index (χ0) is 10.0. The Morgan fingerprint density at radius 1 is 1.54 bits per heavy atom. The molecule has 0 amide bonds. The second-order valence-corrected chi connectivity index (χ2v) is 3.14. The van der Waals surface area contributed by atoms with E-state index in [1.807, 2.05) is 13.8 Å². The second kappa shape index (κ2) is 3.57. The summed E-state index contributed by atoms with van der Waals surface area (Å²) in [5.74, 6) is 0.234. The lowest BCUT2D eigenvalue weighted by Crippen LogP contribution is -2.34. The molecule has 1 aromatic heterocycles. The highest BCUT2D eigenvalue weighted by molar-refractivity contribution is 5.23. The molecule has 72 valence electrons. The van der Waals surface area contributed by atoms with E-state index in [9.17, 15) is 4.79 Å². The summed E-state index contributed by atoms with van der Waals surface area (Å²) in [6.45, 7) is 3.71. The van der Waals surface area contributed by atoms with Crippen molar-refractivity contribution in [2.75, 3.05) is 5.73 Å². The van der Waals surface area contributed by atoms with Crippen molar-refractivity contribution in [3.05, 3.63) is 22.7 Å². The second-order valence-electron chi connectivity index (χ2n) is 3.14. The molecule has 0 aliphatic carbocycles. The van der Waals surface area contributed by atoms with Gasteiger partial charge < -0.3 is 11.5 Å². The van der Waals surface area contributed by atoms with Crippen molar-refractivity contribution in [1.29, 1.82) is 0 Å². The first-order chi connectivity index (χ1) is 6.02. The molecule has 0 bridgehead atoms. The lowest BCUT2D eigenvalue weighted by Gasteiger charge is -2.17. The molecule has 0 aliphatic rings. The Hall–Kier alpha value is -1.36. The third-order valence-corrected chi connectivity index (χ3v) is 2.05. The zero-order valence-electron chi connectivity index (χ0n) is 7.77. The van der Waals surface area contributed by atoms with Gasteiger partial charge in [0.15, 0.2) is 0 Å². The molecule has 0 radical (unpaired) electrons.